The molecule has 3 rings (SSSR count). The number of carbonyl (C=O) groups is 2. The number of nitrogens with zero attached hydrogens (tertiary/aromatic N) is 5. The van der Waals surface area contributed by atoms with Crippen molar-refractivity contribution in [3.8, 4) is 11.4 Å². The number of likely N-dealkylation sites (tertiary alicyclic amines) is 1. The molecular weight excluding hydrogens is 334 g/mol. The Morgan fingerprint density at radius 3 is 2.50 bits per heavy atom. The first kappa shape index (κ1) is 18.0. The summed E-state index contributed by atoms with van der Waals surface area (Å²) in [6, 6.07) is 8.83. The molecule has 1 aliphatic rings. The normalized spacial score (nSPS) is 21.2. The van der Waals surface area contributed by atoms with Crippen LogP contribution in [-0.4, -0.2) is 55.2 Å². The summed E-state index contributed by atoms with van der Waals surface area (Å²) in [5, 5.41) is 21.9. The quantitative estimate of drug-likeness (QED) is 0.876. The maximum Gasteiger partial charge on any atom is 0.311 e. The number of aromatic nitrogens is 4. The van der Waals surface area contributed by atoms with Gasteiger partial charge in [-0.3, -0.25) is 9.59 Å². The second-order valence-corrected chi connectivity index (χ2v) is 7.36. The van der Waals surface area contributed by atoms with Crippen LogP contribution in [0.15, 0.2) is 30.3 Å². The number of carbonyl (C=O) groups excluding carboxylic acids is 1. The van der Waals surface area contributed by atoms with Crippen molar-refractivity contribution in [2.24, 2.45) is 11.3 Å². The third kappa shape index (κ3) is 3.31. The van der Waals surface area contributed by atoms with E-state index in [0.717, 1.165) is 5.56 Å². The van der Waals surface area contributed by atoms with E-state index in [-0.39, 0.29) is 18.4 Å². The summed E-state index contributed by atoms with van der Waals surface area (Å²) in [5.41, 5.74) is -0.0735. The van der Waals surface area contributed by atoms with Gasteiger partial charge in [-0.15, -0.1) is 10.2 Å². The molecule has 2 heterocycles. The van der Waals surface area contributed by atoms with Crippen LogP contribution in [0.1, 0.15) is 33.2 Å². The van der Waals surface area contributed by atoms with Crippen molar-refractivity contribution in [2.75, 3.05) is 13.1 Å². The van der Waals surface area contributed by atoms with Gasteiger partial charge in [-0.05, 0) is 24.5 Å². The van der Waals surface area contributed by atoms with Crippen LogP contribution in [0.25, 0.3) is 11.4 Å². The van der Waals surface area contributed by atoms with E-state index in [0.29, 0.717) is 18.8 Å². The molecule has 0 spiro atoms. The number of hydrogen-bond acceptors (Lipinski definition) is 5. The van der Waals surface area contributed by atoms with Gasteiger partial charge in [-0.1, -0.05) is 44.2 Å². The highest BCUT2D eigenvalue weighted by Crippen LogP contribution is 2.32. The zero-order valence-corrected chi connectivity index (χ0v) is 15.2. The first-order valence-electron chi connectivity index (χ1n) is 8.69. The van der Waals surface area contributed by atoms with Crippen LogP contribution in [0.2, 0.25) is 0 Å². The molecule has 1 aliphatic heterocycles. The van der Waals surface area contributed by atoms with Gasteiger partial charge >= 0.3 is 5.97 Å². The van der Waals surface area contributed by atoms with Crippen LogP contribution in [0.5, 0.6) is 0 Å². The molecular formula is C18H23N5O3. The summed E-state index contributed by atoms with van der Waals surface area (Å²) >= 11 is 0. The van der Waals surface area contributed by atoms with Crippen molar-refractivity contribution < 1.29 is 14.7 Å². The number of hydrogen-bond donors (Lipinski definition) is 1. The molecule has 1 aromatic carbocycles. The highest BCUT2D eigenvalue weighted by atomic mass is 16.4. The fourth-order valence-corrected chi connectivity index (χ4v) is 3.21. The number of benzene rings is 1. The molecule has 0 aliphatic carbocycles. The Kier molecular flexibility index (Phi) is 4.76. The summed E-state index contributed by atoms with van der Waals surface area (Å²) in [6.45, 7) is 6.13. The van der Waals surface area contributed by atoms with E-state index >= 15 is 0 Å². The van der Waals surface area contributed by atoms with Crippen LogP contribution < -0.4 is 0 Å². The smallest absolute Gasteiger partial charge is 0.311 e. The molecule has 2 atom stereocenters. The number of amides is 1. The lowest BCUT2D eigenvalue weighted by Gasteiger charge is -2.26. The topological polar surface area (TPSA) is 101 Å². The van der Waals surface area contributed by atoms with Gasteiger partial charge in [0, 0.05) is 18.7 Å². The SMILES string of the molecule is CC(C)[C@H](C(=O)N1CC[C@@](C)(C(=O)O)C1)n1nnc(-c2ccccc2)n1. The molecule has 0 saturated carbocycles. The summed E-state index contributed by atoms with van der Waals surface area (Å²) < 4.78 is 0. The molecule has 138 valence electrons. The predicted molar refractivity (Wildman–Crippen MR) is 94.1 cm³/mol. The Balaban J connectivity index is 1.83. The first-order chi connectivity index (χ1) is 12.3. The van der Waals surface area contributed by atoms with E-state index in [1.165, 1.54) is 4.80 Å². The molecule has 8 heteroatoms. The van der Waals surface area contributed by atoms with E-state index < -0.39 is 17.4 Å². The molecule has 0 radical (unpaired) electrons. The molecule has 1 fully saturated rings. The van der Waals surface area contributed by atoms with Crippen LogP contribution in [0.4, 0.5) is 0 Å². The Morgan fingerprint density at radius 1 is 1.23 bits per heavy atom. The molecule has 2 aromatic rings. The van der Waals surface area contributed by atoms with Crippen molar-refractivity contribution in [2.45, 2.75) is 33.2 Å². The van der Waals surface area contributed by atoms with Gasteiger partial charge in [0.15, 0.2) is 6.04 Å². The molecule has 0 unspecified atom stereocenters. The van der Waals surface area contributed by atoms with Gasteiger partial charge in [-0.2, -0.15) is 4.80 Å². The fourth-order valence-electron chi connectivity index (χ4n) is 3.21. The van der Waals surface area contributed by atoms with Crippen molar-refractivity contribution >= 4 is 11.9 Å². The van der Waals surface area contributed by atoms with Crippen molar-refractivity contribution in [3.05, 3.63) is 30.3 Å². The lowest BCUT2D eigenvalue weighted by atomic mass is 9.90. The minimum absolute atomic E-state index is 0.0583. The summed E-state index contributed by atoms with van der Waals surface area (Å²) in [4.78, 5) is 27.4. The average Bonchev–Trinajstić information content (AvgIpc) is 3.23. The third-order valence-corrected chi connectivity index (χ3v) is 4.89. The van der Waals surface area contributed by atoms with E-state index in [1.807, 2.05) is 44.2 Å². The Bertz CT molecular complexity index is 804. The molecule has 1 saturated heterocycles. The highest BCUT2D eigenvalue weighted by molar-refractivity contribution is 5.83. The van der Waals surface area contributed by atoms with E-state index in [4.69, 9.17) is 0 Å². The Labute approximate surface area is 151 Å². The minimum atomic E-state index is -0.901. The first-order valence-corrected chi connectivity index (χ1v) is 8.69. The lowest BCUT2D eigenvalue weighted by Crippen LogP contribution is -2.41. The number of carboxylic acid groups (broad SMARTS) is 1. The Hall–Kier alpha value is -2.77. The Morgan fingerprint density at radius 2 is 1.92 bits per heavy atom. The van der Waals surface area contributed by atoms with Crippen LogP contribution >= 0.6 is 0 Å². The number of carboxylic acids is 1. The standard InChI is InChI=1S/C18H23N5O3/c1-12(2)14(16(24)22-10-9-18(3,11-22)17(25)26)23-20-15(19-21-23)13-7-5-4-6-8-13/h4-8,12,14H,9-11H2,1-3H3,(H,25,26)/t14-,18-/m1/s1. The summed E-state index contributed by atoms with van der Waals surface area (Å²) in [7, 11) is 0. The highest BCUT2D eigenvalue weighted by Gasteiger charge is 2.44. The van der Waals surface area contributed by atoms with Gasteiger partial charge < -0.3 is 10.0 Å². The molecule has 0 bridgehead atoms. The molecule has 26 heavy (non-hydrogen) atoms. The van der Waals surface area contributed by atoms with Crippen molar-refractivity contribution in [1.29, 1.82) is 0 Å². The maximum atomic E-state index is 13.0. The summed E-state index contributed by atoms with van der Waals surface area (Å²) in [5.74, 6) is -0.640. The van der Waals surface area contributed by atoms with Gasteiger partial charge in [-0.25, -0.2) is 0 Å². The molecule has 1 N–H and O–H groups in total. The number of aliphatic carboxylic acids is 1. The predicted octanol–water partition coefficient (Wildman–Crippen LogP) is 1.86. The summed E-state index contributed by atoms with van der Waals surface area (Å²) in [6.07, 6.45) is 0.443. The molecule has 1 aromatic heterocycles. The lowest BCUT2D eigenvalue weighted by molar-refractivity contribution is -0.147. The zero-order valence-electron chi connectivity index (χ0n) is 15.2. The average molecular weight is 357 g/mol. The minimum Gasteiger partial charge on any atom is -0.481 e. The fraction of sp³-hybridized carbons (Fsp3) is 0.500. The second kappa shape index (κ2) is 6.86. The van der Waals surface area contributed by atoms with Gasteiger partial charge in [0.25, 0.3) is 0 Å². The van der Waals surface area contributed by atoms with E-state index in [1.54, 1.807) is 11.8 Å². The number of tetrazole rings is 1. The second-order valence-electron chi connectivity index (χ2n) is 7.36. The largest absolute Gasteiger partial charge is 0.481 e. The maximum absolute atomic E-state index is 13.0. The van der Waals surface area contributed by atoms with E-state index in [9.17, 15) is 14.7 Å². The zero-order chi connectivity index (χ0) is 18.9. The van der Waals surface area contributed by atoms with Crippen LogP contribution in [0.3, 0.4) is 0 Å². The monoisotopic (exact) mass is 357 g/mol. The van der Waals surface area contributed by atoms with E-state index in [2.05, 4.69) is 15.4 Å². The van der Waals surface area contributed by atoms with Crippen LogP contribution in [-0.2, 0) is 9.59 Å². The van der Waals surface area contributed by atoms with Crippen molar-refractivity contribution in [3.63, 3.8) is 0 Å². The molecule has 8 nitrogen and oxygen atoms in total. The van der Waals surface area contributed by atoms with Gasteiger partial charge in [0.2, 0.25) is 11.7 Å². The van der Waals surface area contributed by atoms with Gasteiger partial charge in [0.05, 0.1) is 5.41 Å². The van der Waals surface area contributed by atoms with Gasteiger partial charge in [0.1, 0.15) is 0 Å². The van der Waals surface area contributed by atoms with Crippen molar-refractivity contribution in [1.82, 2.24) is 25.1 Å². The molecule has 1 amide bonds. The number of rotatable bonds is 5. The third-order valence-electron chi connectivity index (χ3n) is 4.89. The van der Waals surface area contributed by atoms with Crippen LogP contribution in [0, 0.1) is 11.3 Å².